The van der Waals surface area contributed by atoms with E-state index in [0.29, 0.717) is 30.2 Å². The summed E-state index contributed by atoms with van der Waals surface area (Å²) in [6.07, 6.45) is 2.24. The fourth-order valence-corrected chi connectivity index (χ4v) is 5.57. The van der Waals surface area contributed by atoms with Crippen molar-refractivity contribution in [2.75, 3.05) is 30.3 Å². The normalized spacial score (nSPS) is 11.9. The number of rotatable bonds is 16. The van der Waals surface area contributed by atoms with Crippen LogP contribution >= 0.6 is 0 Å². The van der Waals surface area contributed by atoms with Gasteiger partial charge in [-0.3, -0.25) is 13.9 Å². The predicted octanol–water partition coefficient (Wildman–Crippen LogP) is 4.94. The van der Waals surface area contributed by atoms with E-state index in [1.165, 1.54) is 15.3 Å². The average Bonchev–Trinajstić information content (AvgIpc) is 2.97. The molecule has 42 heavy (non-hydrogen) atoms. The number of ether oxygens (including phenoxy) is 1. The van der Waals surface area contributed by atoms with Crippen molar-refractivity contribution in [1.82, 2.24) is 10.2 Å². The third-order valence-corrected chi connectivity index (χ3v) is 7.90. The molecule has 0 radical (unpaired) electrons. The number of sulfonamides is 1. The lowest BCUT2D eigenvalue weighted by Gasteiger charge is -2.32. The van der Waals surface area contributed by atoms with Crippen LogP contribution in [0.4, 0.5) is 10.1 Å². The van der Waals surface area contributed by atoms with Crippen molar-refractivity contribution in [1.29, 1.82) is 0 Å². The van der Waals surface area contributed by atoms with Crippen LogP contribution in [0.3, 0.4) is 0 Å². The van der Waals surface area contributed by atoms with E-state index in [2.05, 4.69) is 5.32 Å². The van der Waals surface area contributed by atoms with Crippen LogP contribution in [0.2, 0.25) is 0 Å². The van der Waals surface area contributed by atoms with Crippen molar-refractivity contribution in [3.8, 4) is 5.75 Å². The second-order valence-corrected chi connectivity index (χ2v) is 11.9. The molecule has 1 atom stereocenters. The Morgan fingerprint density at radius 2 is 1.62 bits per heavy atom. The van der Waals surface area contributed by atoms with Crippen LogP contribution in [0.5, 0.6) is 5.75 Å². The molecule has 0 spiro atoms. The van der Waals surface area contributed by atoms with Crippen molar-refractivity contribution < 1.29 is 27.1 Å². The van der Waals surface area contributed by atoms with Crippen molar-refractivity contribution in [3.63, 3.8) is 0 Å². The van der Waals surface area contributed by atoms with Crippen molar-refractivity contribution in [3.05, 3.63) is 95.8 Å². The zero-order valence-electron chi connectivity index (χ0n) is 24.5. The standard InChI is InChI=1S/C32H40FN3O5S/c1-4-21-34-32(38)30(23-25-12-7-6-8-13-25)35(24-26-14-9-10-15-29(26)33)31(37)16-11-22-36(42(3,39)40)27-17-19-28(20-18-27)41-5-2/h6-10,12-15,17-20,30H,4-5,11,16,21-24H2,1-3H3,(H,34,38). The number of benzene rings is 3. The smallest absolute Gasteiger partial charge is 0.243 e. The van der Waals surface area contributed by atoms with Gasteiger partial charge in [0.2, 0.25) is 21.8 Å². The molecule has 0 bridgehead atoms. The number of nitrogens with zero attached hydrogens (tertiary/aromatic N) is 2. The van der Waals surface area contributed by atoms with Crippen LogP contribution < -0.4 is 14.4 Å². The van der Waals surface area contributed by atoms with Gasteiger partial charge in [0.25, 0.3) is 0 Å². The Hall–Kier alpha value is -3.92. The number of carbonyl (C=O) groups is 2. The summed E-state index contributed by atoms with van der Waals surface area (Å²) in [5.74, 6) is -0.538. The minimum atomic E-state index is -3.64. The molecule has 0 aliphatic rings. The molecule has 0 aromatic heterocycles. The highest BCUT2D eigenvalue weighted by molar-refractivity contribution is 7.92. The third kappa shape index (κ3) is 9.58. The lowest BCUT2D eigenvalue weighted by atomic mass is 10.0. The SMILES string of the molecule is CCCNC(=O)C(Cc1ccccc1)N(Cc1ccccc1F)C(=O)CCCN(c1ccc(OCC)cc1)S(C)(=O)=O. The summed E-state index contributed by atoms with van der Waals surface area (Å²) in [5, 5.41) is 2.89. The molecule has 0 heterocycles. The van der Waals surface area contributed by atoms with Crippen molar-refractivity contribution in [2.24, 2.45) is 0 Å². The van der Waals surface area contributed by atoms with E-state index in [0.717, 1.165) is 18.2 Å². The van der Waals surface area contributed by atoms with Gasteiger partial charge < -0.3 is 15.0 Å². The molecule has 8 nitrogen and oxygen atoms in total. The molecule has 3 aromatic carbocycles. The number of hydrogen-bond donors (Lipinski definition) is 1. The number of amides is 2. The topological polar surface area (TPSA) is 96.0 Å². The fraction of sp³-hybridized carbons (Fsp3) is 0.375. The molecule has 0 aliphatic heterocycles. The van der Waals surface area contributed by atoms with Gasteiger partial charge in [-0.1, -0.05) is 55.5 Å². The minimum Gasteiger partial charge on any atom is -0.494 e. The first-order chi connectivity index (χ1) is 20.1. The number of hydrogen-bond acceptors (Lipinski definition) is 5. The van der Waals surface area contributed by atoms with Gasteiger partial charge in [-0.25, -0.2) is 12.8 Å². The van der Waals surface area contributed by atoms with Crippen molar-refractivity contribution >= 4 is 27.5 Å². The summed E-state index contributed by atoms with van der Waals surface area (Å²) < 4.78 is 46.7. The van der Waals surface area contributed by atoms with Crippen LogP contribution in [0.1, 0.15) is 44.2 Å². The van der Waals surface area contributed by atoms with Gasteiger partial charge in [0.15, 0.2) is 0 Å². The highest BCUT2D eigenvalue weighted by atomic mass is 32.2. The molecular weight excluding hydrogens is 557 g/mol. The molecule has 0 saturated heterocycles. The first-order valence-corrected chi connectivity index (χ1v) is 16.0. The molecule has 0 saturated carbocycles. The lowest BCUT2D eigenvalue weighted by Crippen LogP contribution is -2.50. The Labute approximate surface area is 248 Å². The van der Waals surface area contributed by atoms with Gasteiger partial charge in [0.05, 0.1) is 18.6 Å². The van der Waals surface area contributed by atoms with Crippen LogP contribution in [-0.2, 0) is 32.6 Å². The molecule has 2 amide bonds. The number of halogens is 1. The molecule has 3 aromatic rings. The summed E-state index contributed by atoms with van der Waals surface area (Å²) in [7, 11) is -3.64. The van der Waals surface area contributed by atoms with E-state index in [1.807, 2.05) is 44.2 Å². The van der Waals surface area contributed by atoms with E-state index < -0.39 is 21.9 Å². The Bertz CT molecular complexity index is 1400. The maximum Gasteiger partial charge on any atom is 0.243 e. The molecular formula is C32H40FN3O5S. The third-order valence-electron chi connectivity index (χ3n) is 6.71. The van der Waals surface area contributed by atoms with Gasteiger partial charge in [-0.2, -0.15) is 0 Å². The second kappa shape index (κ2) is 15.9. The molecule has 3 rings (SSSR count). The maximum atomic E-state index is 14.7. The first kappa shape index (κ1) is 32.6. The highest BCUT2D eigenvalue weighted by Gasteiger charge is 2.31. The minimum absolute atomic E-state index is 0.0378. The van der Waals surface area contributed by atoms with Gasteiger partial charge in [0, 0.05) is 38.0 Å². The van der Waals surface area contributed by atoms with Crippen LogP contribution in [-0.4, -0.2) is 57.1 Å². The summed E-state index contributed by atoms with van der Waals surface area (Å²) >= 11 is 0. The fourth-order valence-electron chi connectivity index (χ4n) is 4.61. The highest BCUT2D eigenvalue weighted by Crippen LogP contribution is 2.23. The summed E-state index contributed by atoms with van der Waals surface area (Å²) in [6, 6.07) is 21.4. The summed E-state index contributed by atoms with van der Waals surface area (Å²) in [4.78, 5) is 28.6. The molecule has 1 N–H and O–H groups in total. The maximum absolute atomic E-state index is 14.7. The lowest BCUT2D eigenvalue weighted by molar-refractivity contribution is -0.141. The largest absolute Gasteiger partial charge is 0.494 e. The van der Waals surface area contributed by atoms with E-state index in [9.17, 15) is 22.4 Å². The van der Waals surface area contributed by atoms with Crippen LogP contribution in [0, 0.1) is 5.82 Å². The summed E-state index contributed by atoms with van der Waals surface area (Å²) in [6.45, 7) is 4.68. The van der Waals surface area contributed by atoms with E-state index >= 15 is 0 Å². The monoisotopic (exact) mass is 597 g/mol. The Morgan fingerprint density at radius 1 is 0.952 bits per heavy atom. The zero-order valence-corrected chi connectivity index (χ0v) is 25.3. The summed E-state index contributed by atoms with van der Waals surface area (Å²) in [5.41, 5.74) is 1.61. The Balaban J connectivity index is 1.85. The van der Waals surface area contributed by atoms with Crippen molar-refractivity contribution in [2.45, 2.75) is 52.1 Å². The number of carbonyl (C=O) groups excluding carboxylic acids is 2. The molecule has 0 aliphatic carbocycles. The first-order valence-electron chi connectivity index (χ1n) is 14.2. The number of anilines is 1. The zero-order chi connectivity index (χ0) is 30.5. The van der Waals surface area contributed by atoms with Gasteiger partial charge >= 0.3 is 0 Å². The predicted molar refractivity (Wildman–Crippen MR) is 163 cm³/mol. The van der Waals surface area contributed by atoms with E-state index in [-0.39, 0.29) is 44.2 Å². The van der Waals surface area contributed by atoms with Gasteiger partial charge in [-0.05, 0) is 55.7 Å². The van der Waals surface area contributed by atoms with Crippen LogP contribution in [0.25, 0.3) is 0 Å². The Kier molecular flexibility index (Phi) is 12.3. The molecule has 226 valence electrons. The second-order valence-electron chi connectivity index (χ2n) is 9.98. The molecule has 0 fully saturated rings. The van der Waals surface area contributed by atoms with Gasteiger partial charge in [0.1, 0.15) is 17.6 Å². The number of nitrogens with one attached hydrogen (secondary N) is 1. The molecule has 1 unspecified atom stereocenters. The average molecular weight is 598 g/mol. The quantitative estimate of drug-likeness (QED) is 0.253. The van der Waals surface area contributed by atoms with E-state index in [4.69, 9.17) is 4.74 Å². The Morgan fingerprint density at radius 3 is 2.24 bits per heavy atom. The van der Waals surface area contributed by atoms with Crippen LogP contribution in [0.15, 0.2) is 78.9 Å². The van der Waals surface area contributed by atoms with E-state index in [1.54, 1.807) is 42.5 Å². The molecule has 10 heteroatoms. The van der Waals surface area contributed by atoms with Gasteiger partial charge in [-0.15, -0.1) is 0 Å².